The molecule has 0 aliphatic carbocycles. The van der Waals surface area contributed by atoms with Crippen molar-refractivity contribution in [1.82, 2.24) is 15.3 Å². The maximum absolute atomic E-state index is 11.8. The number of benzene rings is 1. The molecular formula is C19H22N6OS. The monoisotopic (exact) mass is 382 g/mol. The minimum absolute atomic E-state index is 0.230. The number of aromatic nitrogens is 2. The van der Waals surface area contributed by atoms with Gasteiger partial charge in [-0.1, -0.05) is 17.7 Å². The molecule has 0 atom stereocenters. The summed E-state index contributed by atoms with van der Waals surface area (Å²) < 4.78 is 0. The van der Waals surface area contributed by atoms with Crippen LogP contribution in [0.2, 0.25) is 0 Å². The number of nitrogens with one attached hydrogen (secondary N) is 4. The van der Waals surface area contributed by atoms with E-state index < -0.39 is 0 Å². The van der Waals surface area contributed by atoms with Gasteiger partial charge in [-0.05, 0) is 43.5 Å². The molecule has 3 rings (SSSR count). The second kappa shape index (κ2) is 9.00. The Morgan fingerprint density at radius 2 is 1.89 bits per heavy atom. The molecule has 2 heterocycles. The number of thiophene rings is 1. The van der Waals surface area contributed by atoms with Crippen molar-refractivity contribution in [3.8, 4) is 0 Å². The number of rotatable bonds is 7. The molecule has 1 aromatic carbocycles. The molecular weight excluding hydrogens is 360 g/mol. The normalized spacial score (nSPS) is 10.3. The van der Waals surface area contributed by atoms with E-state index in [-0.39, 0.29) is 6.03 Å². The number of hydrogen-bond acceptors (Lipinski definition) is 6. The van der Waals surface area contributed by atoms with Gasteiger partial charge >= 0.3 is 6.03 Å². The molecule has 0 fully saturated rings. The minimum Gasteiger partial charge on any atom is -0.352 e. The first-order valence-corrected chi connectivity index (χ1v) is 9.48. The number of anilines is 4. The predicted octanol–water partition coefficient (Wildman–Crippen LogP) is 4.13. The molecule has 4 N–H and O–H groups in total. The van der Waals surface area contributed by atoms with Crippen LogP contribution in [0.4, 0.5) is 27.2 Å². The topological polar surface area (TPSA) is 91.0 Å². The van der Waals surface area contributed by atoms with Gasteiger partial charge in [0.15, 0.2) is 0 Å². The van der Waals surface area contributed by atoms with E-state index >= 15 is 0 Å². The molecule has 0 radical (unpaired) electrons. The first-order valence-electron chi connectivity index (χ1n) is 8.60. The Bertz CT molecular complexity index is 880. The number of aryl methyl sites for hydroxylation is 2. The Balaban J connectivity index is 1.49. The van der Waals surface area contributed by atoms with Crippen LogP contribution in [0.1, 0.15) is 11.3 Å². The van der Waals surface area contributed by atoms with Crippen molar-refractivity contribution in [3.63, 3.8) is 0 Å². The Labute approximate surface area is 162 Å². The largest absolute Gasteiger partial charge is 0.352 e. The van der Waals surface area contributed by atoms with Gasteiger partial charge < -0.3 is 16.0 Å². The fourth-order valence-electron chi connectivity index (χ4n) is 2.35. The molecule has 0 spiro atoms. The fraction of sp³-hybridized carbons (Fsp3) is 0.211. The lowest BCUT2D eigenvalue weighted by molar-refractivity contribution is 0.252. The number of amides is 2. The van der Waals surface area contributed by atoms with Crippen LogP contribution >= 0.6 is 11.3 Å². The van der Waals surface area contributed by atoms with Crippen molar-refractivity contribution in [1.29, 1.82) is 0 Å². The zero-order chi connectivity index (χ0) is 19.1. The average Bonchev–Trinajstić information content (AvgIpc) is 3.13. The maximum atomic E-state index is 11.8. The summed E-state index contributed by atoms with van der Waals surface area (Å²) in [7, 11) is 0. The zero-order valence-corrected chi connectivity index (χ0v) is 16.1. The van der Waals surface area contributed by atoms with Gasteiger partial charge in [0.1, 0.15) is 5.82 Å². The molecule has 0 aliphatic heterocycles. The van der Waals surface area contributed by atoms with Crippen LogP contribution in [0.25, 0.3) is 0 Å². The summed E-state index contributed by atoms with van der Waals surface area (Å²) in [6, 6.07) is 13.5. The molecule has 2 aromatic heterocycles. The molecule has 140 valence electrons. The number of urea groups is 1. The van der Waals surface area contributed by atoms with Gasteiger partial charge in [-0.3, -0.25) is 5.32 Å². The Morgan fingerprint density at radius 3 is 2.63 bits per heavy atom. The van der Waals surface area contributed by atoms with Crippen LogP contribution in [-0.4, -0.2) is 29.1 Å². The van der Waals surface area contributed by atoms with E-state index in [1.165, 1.54) is 16.9 Å². The van der Waals surface area contributed by atoms with Crippen LogP contribution in [0.15, 0.2) is 47.8 Å². The van der Waals surface area contributed by atoms with Crippen molar-refractivity contribution >= 4 is 39.8 Å². The lowest BCUT2D eigenvalue weighted by atomic mass is 10.2. The summed E-state index contributed by atoms with van der Waals surface area (Å²) in [5.41, 5.74) is 3.03. The van der Waals surface area contributed by atoms with Crippen LogP contribution in [-0.2, 0) is 0 Å². The first kappa shape index (κ1) is 18.7. The van der Waals surface area contributed by atoms with Crippen molar-refractivity contribution < 1.29 is 4.79 Å². The number of carbonyl (C=O) groups is 1. The Morgan fingerprint density at radius 1 is 1.07 bits per heavy atom. The summed E-state index contributed by atoms with van der Waals surface area (Å²) in [4.78, 5) is 20.6. The third kappa shape index (κ3) is 5.96. The zero-order valence-electron chi connectivity index (χ0n) is 15.2. The van der Waals surface area contributed by atoms with Crippen LogP contribution in [0.5, 0.6) is 0 Å². The van der Waals surface area contributed by atoms with Crippen molar-refractivity contribution in [2.24, 2.45) is 0 Å². The molecule has 0 aliphatic rings. The number of hydrogen-bond donors (Lipinski definition) is 4. The maximum Gasteiger partial charge on any atom is 0.319 e. The molecule has 0 saturated heterocycles. The molecule has 0 saturated carbocycles. The highest BCUT2D eigenvalue weighted by Crippen LogP contribution is 2.17. The standard InChI is InChI=1S/C19H22N6OS/c1-13-5-7-15(8-6-13)23-16-12-14(2)22-18(24-16)20-9-10-21-19(26)25-17-4-3-11-27-17/h3-8,11-12H,9-10H2,1-2H3,(H2,21,25,26)(H2,20,22,23,24). The van der Waals surface area contributed by atoms with Gasteiger partial charge in [0.05, 0.1) is 5.00 Å². The summed E-state index contributed by atoms with van der Waals surface area (Å²) in [6.45, 7) is 4.94. The fourth-order valence-corrected chi connectivity index (χ4v) is 2.97. The highest BCUT2D eigenvalue weighted by molar-refractivity contribution is 7.14. The smallest absolute Gasteiger partial charge is 0.319 e. The Hall–Kier alpha value is -3.13. The van der Waals surface area contributed by atoms with E-state index in [1.807, 2.05) is 54.8 Å². The lowest BCUT2D eigenvalue weighted by Crippen LogP contribution is -2.32. The van der Waals surface area contributed by atoms with Crippen LogP contribution < -0.4 is 21.3 Å². The molecule has 8 heteroatoms. The van der Waals surface area contributed by atoms with E-state index in [0.29, 0.717) is 19.0 Å². The van der Waals surface area contributed by atoms with Crippen molar-refractivity contribution in [2.75, 3.05) is 29.0 Å². The summed E-state index contributed by atoms with van der Waals surface area (Å²) in [5, 5.41) is 14.7. The SMILES string of the molecule is Cc1ccc(Nc2cc(C)nc(NCCNC(=O)Nc3cccs3)n2)cc1. The van der Waals surface area contributed by atoms with Gasteiger partial charge in [0, 0.05) is 30.5 Å². The van der Waals surface area contributed by atoms with Gasteiger partial charge in [0.25, 0.3) is 0 Å². The summed E-state index contributed by atoms with van der Waals surface area (Å²) >= 11 is 1.48. The molecule has 27 heavy (non-hydrogen) atoms. The molecule has 3 aromatic rings. The lowest BCUT2D eigenvalue weighted by Gasteiger charge is -2.11. The van der Waals surface area contributed by atoms with E-state index in [1.54, 1.807) is 0 Å². The highest BCUT2D eigenvalue weighted by Gasteiger charge is 2.04. The number of carbonyl (C=O) groups excluding carboxylic acids is 1. The van der Waals surface area contributed by atoms with Crippen LogP contribution in [0.3, 0.4) is 0 Å². The quantitative estimate of drug-likeness (QED) is 0.461. The minimum atomic E-state index is -0.230. The highest BCUT2D eigenvalue weighted by atomic mass is 32.1. The van der Waals surface area contributed by atoms with Gasteiger partial charge in [-0.2, -0.15) is 4.98 Å². The third-order valence-corrected chi connectivity index (χ3v) is 4.42. The molecule has 0 unspecified atom stereocenters. The van der Waals surface area contributed by atoms with Crippen molar-refractivity contribution in [2.45, 2.75) is 13.8 Å². The van der Waals surface area contributed by atoms with E-state index in [4.69, 9.17) is 0 Å². The number of nitrogens with zero attached hydrogens (tertiary/aromatic N) is 2. The van der Waals surface area contributed by atoms with E-state index in [2.05, 4.69) is 38.2 Å². The summed E-state index contributed by atoms with van der Waals surface area (Å²) in [6.07, 6.45) is 0. The molecule has 7 nitrogen and oxygen atoms in total. The van der Waals surface area contributed by atoms with Gasteiger partial charge in [0.2, 0.25) is 5.95 Å². The second-order valence-corrected chi connectivity index (χ2v) is 6.94. The molecule has 2 amide bonds. The first-order chi connectivity index (χ1) is 13.1. The van der Waals surface area contributed by atoms with Gasteiger partial charge in [-0.15, -0.1) is 11.3 Å². The molecule has 0 bridgehead atoms. The van der Waals surface area contributed by atoms with Gasteiger partial charge in [-0.25, -0.2) is 9.78 Å². The van der Waals surface area contributed by atoms with E-state index in [9.17, 15) is 4.79 Å². The van der Waals surface area contributed by atoms with Crippen LogP contribution in [0, 0.1) is 13.8 Å². The second-order valence-electron chi connectivity index (χ2n) is 5.99. The van der Waals surface area contributed by atoms with E-state index in [0.717, 1.165) is 22.2 Å². The third-order valence-electron chi connectivity index (χ3n) is 3.63. The average molecular weight is 382 g/mol. The van der Waals surface area contributed by atoms with Crippen molar-refractivity contribution in [3.05, 3.63) is 59.1 Å². The summed E-state index contributed by atoms with van der Waals surface area (Å²) in [5.74, 6) is 1.24. The Kier molecular flexibility index (Phi) is 6.22. The predicted molar refractivity (Wildman–Crippen MR) is 111 cm³/mol.